The lowest BCUT2D eigenvalue weighted by atomic mass is 10.2. The van der Waals surface area contributed by atoms with Crippen LogP contribution in [0.4, 0.5) is 5.69 Å². The Balaban J connectivity index is 2.04. The molecule has 1 aromatic carbocycles. The molecule has 1 fully saturated rings. The molecular weight excluding hydrogens is 294 g/mol. The van der Waals surface area contributed by atoms with Crippen LogP contribution in [0.3, 0.4) is 0 Å². The Kier molecular flexibility index (Phi) is 5.03. The Labute approximate surface area is 124 Å². The highest BCUT2D eigenvalue weighted by Gasteiger charge is 2.27. The quantitative estimate of drug-likeness (QED) is 0.534. The van der Waals surface area contributed by atoms with Crippen molar-refractivity contribution < 1.29 is 17.9 Å². The predicted molar refractivity (Wildman–Crippen MR) is 80.2 cm³/mol. The third-order valence-corrected chi connectivity index (χ3v) is 4.96. The van der Waals surface area contributed by atoms with Gasteiger partial charge in [-0.05, 0) is 25.0 Å². The third kappa shape index (κ3) is 4.61. The van der Waals surface area contributed by atoms with Gasteiger partial charge in [0.15, 0.2) is 0 Å². The van der Waals surface area contributed by atoms with Crippen LogP contribution in [0.25, 0.3) is 0 Å². The number of amidine groups is 1. The molecule has 4 N–H and O–H groups in total. The lowest BCUT2D eigenvalue weighted by Gasteiger charge is -2.22. The highest BCUT2D eigenvalue weighted by Crippen LogP contribution is 2.22. The van der Waals surface area contributed by atoms with E-state index in [2.05, 4.69) is 4.72 Å². The summed E-state index contributed by atoms with van der Waals surface area (Å²) >= 11 is 0. The average molecular weight is 313 g/mol. The topological polar surface area (TPSA) is 115 Å². The number of nitrogens with two attached hydrogens (primary N) is 1. The van der Waals surface area contributed by atoms with Gasteiger partial charge in [-0.1, -0.05) is 6.07 Å². The van der Waals surface area contributed by atoms with Crippen molar-refractivity contribution in [2.75, 3.05) is 24.5 Å². The number of nitrogens with one attached hydrogen (secondary N) is 2. The predicted octanol–water partition coefficient (Wildman–Crippen LogP) is 0.922. The summed E-state index contributed by atoms with van der Waals surface area (Å²) in [5.41, 5.74) is 5.65. The summed E-state index contributed by atoms with van der Waals surface area (Å²) in [6.07, 6.45) is 0.992. The fourth-order valence-corrected chi connectivity index (χ4v) is 3.48. The molecule has 0 aromatic heterocycles. The summed E-state index contributed by atoms with van der Waals surface area (Å²) in [4.78, 5) is 0. The van der Waals surface area contributed by atoms with E-state index in [-0.39, 0.29) is 12.4 Å². The second-order valence-electron chi connectivity index (χ2n) is 4.80. The first-order chi connectivity index (χ1) is 9.97. The van der Waals surface area contributed by atoms with Crippen LogP contribution in [-0.4, -0.2) is 39.3 Å². The number of anilines is 1. The minimum atomic E-state index is -3.44. The van der Waals surface area contributed by atoms with Crippen LogP contribution in [0.15, 0.2) is 24.3 Å². The Morgan fingerprint density at radius 3 is 2.81 bits per heavy atom. The smallest absolute Gasteiger partial charge is 0.235 e. The number of hydrogen-bond donors (Lipinski definition) is 3. The standard InChI is InChI=1S/C13H19N3O4S/c14-13(15)9-20-11-3-1-2-10(8-11)16-21(17,18)12-4-6-19-7-5-12/h1-3,8,12,16H,4-7,9H2,(H3,14,15). The van der Waals surface area contributed by atoms with E-state index in [9.17, 15) is 8.42 Å². The number of rotatable bonds is 6. The highest BCUT2D eigenvalue weighted by molar-refractivity contribution is 7.93. The molecule has 0 saturated carbocycles. The molecule has 1 aromatic rings. The fourth-order valence-electron chi connectivity index (χ4n) is 2.04. The lowest BCUT2D eigenvalue weighted by molar-refractivity contribution is 0.0984. The first kappa shape index (κ1) is 15.6. The normalized spacial score (nSPS) is 16.4. The maximum atomic E-state index is 12.3. The first-order valence-corrected chi connectivity index (χ1v) is 8.17. The summed E-state index contributed by atoms with van der Waals surface area (Å²) in [5, 5.41) is 6.67. The molecule has 1 aliphatic heterocycles. The number of benzene rings is 1. The van der Waals surface area contributed by atoms with Gasteiger partial charge in [-0.2, -0.15) is 0 Å². The molecule has 1 aliphatic rings. The molecule has 116 valence electrons. The summed E-state index contributed by atoms with van der Waals surface area (Å²) in [5.74, 6) is 0.362. The Morgan fingerprint density at radius 2 is 2.14 bits per heavy atom. The van der Waals surface area contributed by atoms with Crippen LogP contribution in [0.5, 0.6) is 5.75 Å². The largest absolute Gasteiger partial charge is 0.486 e. The first-order valence-electron chi connectivity index (χ1n) is 6.62. The van der Waals surface area contributed by atoms with Gasteiger partial charge in [0.05, 0.1) is 10.9 Å². The van der Waals surface area contributed by atoms with E-state index in [0.29, 0.717) is 37.5 Å². The van der Waals surface area contributed by atoms with Gasteiger partial charge in [-0.15, -0.1) is 0 Å². The van der Waals surface area contributed by atoms with Crippen LogP contribution < -0.4 is 15.2 Å². The van der Waals surface area contributed by atoms with Gasteiger partial charge in [0.25, 0.3) is 0 Å². The van der Waals surface area contributed by atoms with Crippen molar-refractivity contribution in [3.63, 3.8) is 0 Å². The molecule has 8 heteroatoms. The minimum absolute atomic E-state index is 0.0316. The van der Waals surface area contributed by atoms with Crippen molar-refractivity contribution in [1.29, 1.82) is 5.41 Å². The monoisotopic (exact) mass is 313 g/mol. The molecule has 0 radical (unpaired) electrons. The second-order valence-corrected chi connectivity index (χ2v) is 6.76. The van der Waals surface area contributed by atoms with Crippen molar-refractivity contribution in [1.82, 2.24) is 0 Å². The molecule has 2 rings (SSSR count). The third-order valence-electron chi connectivity index (χ3n) is 3.10. The van der Waals surface area contributed by atoms with Gasteiger partial charge in [0.2, 0.25) is 10.0 Å². The lowest BCUT2D eigenvalue weighted by Crippen LogP contribution is -2.33. The zero-order valence-corrected chi connectivity index (χ0v) is 12.4. The molecule has 0 atom stereocenters. The molecule has 1 heterocycles. The van der Waals surface area contributed by atoms with Gasteiger partial charge >= 0.3 is 0 Å². The molecule has 21 heavy (non-hydrogen) atoms. The molecule has 0 bridgehead atoms. The minimum Gasteiger partial charge on any atom is -0.486 e. The molecule has 1 saturated heterocycles. The zero-order chi connectivity index (χ0) is 15.3. The van der Waals surface area contributed by atoms with Crippen molar-refractivity contribution in [2.24, 2.45) is 5.73 Å². The van der Waals surface area contributed by atoms with E-state index in [1.807, 2.05) is 0 Å². The van der Waals surface area contributed by atoms with E-state index >= 15 is 0 Å². The van der Waals surface area contributed by atoms with E-state index < -0.39 is 15.3 Å². The van der Waals surface area contributed by atoms with Crippen molar-refractivity contribution >= 4 is 21.5 Å². The molecule has 0 amide bonds. The summed E-state index contributed by atoms with van der Waals surface area (Å²) < 4.78 is 37.5. The van der Waals surface area contributed by atoms with Crippen molar-refractivity contribution in [3.05, 3.63) is 24.3 Å². The van der Waals surface area contributed by atoms with Crippen LogP contribution in [0.1, 0.15) is 12.8 Å². The average Bonchev–Trinajstić information content (AvgIpc) is 2.46. The summed E-state index contributed by atoms with van der Waals surface area (Å²) in [7, 11) is -3.44. The van der Waals surface area contributed by atoms with Gasteiger partial charge in [0.1, 0.15) is 18.2 Å². The van der Waals surface area contributed by atoms with Gasteiger partial charge in [-0.25, -0.2) is 8.42 Å². The molecule has 0 aliphatic carbocycles. The van der Waals surface area contributed by atoms with E-state index in [1.165, 1.54) is 0 Å². The van der Waals surface area contributed by atoms with Gasteiger partial charge < -0.3 is 15.2 Å². The Hall–Kier alpha value is -1.80. The summed E-state index contributed by atoms with van der Waals surface area (Å²) in [6, 6.07) is 6.57. The maximum Gasteiger partial charge on any atom is 0.235 e. The molecule has 7 nitrogen and oxygen atoms in total. The van der Waals surface area contributed by atoms with Crippen LogP contribution in [-0.2, 0) is 14.8 Å². The Morgan fingerprint density at radius 1 is 1.43 bits per heavy atom. The second kappa shape index (κ2) is 6.77. The van der Waals surface area contributed by atoms with E-state index in [1.54, 1.807) is 24.3 Å². The Bertz CT molecular complexity index is 597. The summed E-state index contributed by atoms with van der Waals surface area (Å²) in [6.45, 7) is 0.900. The van der Waals surface area contributed by atoms with Crippen molar-refractivity contribution in [2.45, 2.75) is 18.1 Å². The van der Waals surface area contributed by atoms with Gasteiger partial charge in [-0.3, -0.25) is 10.1 Å². The highest BCUT2D eigenvalue weighted by atomic mass is 32.2. The van der Waals surface area contributed by atoms with Crippen LogP contribution >= 0.6 is 0 Å². The molecular formula is C13H19N3O4S. The number of sulfonamides is 1. The molecule has 0 unspecified atom stereocenters. The zero-order valence-electron chi connectivity index (χ0n) is 11.5. The fraction of sp³-hybridized carbons (Fsp3) is 0.462. The number of ether oxygens (including phenoxy) is 2. The van der Waals surface area contributed by atoms with Crippen LogP contribution in [0, 0.1) is 5.41 Å². The van der Waals surface area contributed by atoms with Crippen molar-refractivity contribution in [3.8, 4) is 5.75 Å². The van der Waals surface area contributed by atoms with Crippen LogP contribution in [0.2, 0.25) is 0 Å². The maximum absolute atomic E-state index is 12.3. The van der Waals surface area contributed by atoms with E-state index in [0.717, 1.165) is 0 Å². The number of hydrogen-bond acceptors (Lipinski definition) is 5. The SMILES string of the molecule is N=C(N)COc1cccc(NS(=O)(=O)C2CCOCC2)c1. The van der Waals surface area contributed by atoms with Gasteiger partial charge in [0, 0.05) is 19.3 Å². The molecule has 0 spiro atoms. The van der Waals surface area contributed by atoms with E-state index in [4.69, 9.17) is 20.6 Å².